The molecule has 2 rings (SSSR count). The molecule has 1 aliphatic rings. The van der Waals surface area contributed by atoms with Crippen LogP contribution in [0.3, 0.4) is 0 Å². The number of piperidine rings is 1. The third kappa shape index (κ3) is 3.72. The molecule has 94 valence electrons. The van der Waals surface area contributed by atoms with Gasteiger partial charge in [-0.3, -0.25) is 0 Å². The van der Waals surface area contributed by atoms with Gasteiger partial charge in [0.05, 0.1) is 5.01 Å². The quantitative estimate of drug-likeness (QED) is 0.850. The van der Waals surface area contributed by atoms with Crippen LogP contribution in [0.2, 0.25) is 0 Å². The Balaban J connectivity index is 1.79. The Bertz CT molecular complexity index is 381. The molecule has 1 fully saturated rings. The number of thiazole rings is 1. The van der Waals surface area contributed by atoms with Crippen LogP contribution < -0.4 is 5.73 Å². The summed E-state index contributed by atoms with van der Waals surface area (Å²) in [6.07, 6.45) is 3.67. The molecule has 0 atom stereocenters. The van der Waals surface area contributed by atoms with E-state index in [1.807, 2.05) is 5.38 Å². The van der Waals surface area contributed by atoms with Crippen LogP contribution in [0.5, 0.6) is 0 Å². The fourth-order valence-corrected chi connectivity index (χ4v) is 3.05. The molecule has 0 aromatic carbocycles. The zero-order valence-electron chi connectivity index (χ0n) is 10.2. The normalized spacial score (nSPS) is 18.4. The van der Waals surface area contributed by atoms with Gasteiger partial charge in [0.15, 0.2) is 0 Å². The van der Waals surface area contributed by atoms with E-state index in [1.165, 1.54) is 25.9 Å². The van der Waals surface area contributed by atoms with Gasteiger partial charge in [0.1, 0.15) is 10.7 Å². The Kier molecular flexibility index (Phi) is 4.48. The molecule has 0 saturated carbocycles. The minimum Gasteiger partial charge on any atom is -0.388 e. The molecular formula is C12H19N3S2. The van der Waals surface area contributed by atoms with E-state index >= 15 is 0 Å². The third-order valence-electron chi connectivity index (χ3n) is 3.32. The lowest BCUT2D eigenvalue weighted by molar-refractivity contribution is 0.194. The first-order valence-electron chi connectivity index (χ1n) is 6.11. The molecule has 0 unspecified atom stereocenters. The van der Waals surface area contributed by atoms with E-state index in [9.17, 15) is 0 Å². The van der Waals surface area contributed by atoms with Crippen LogP contribution in [0, 0.1) is 5.92 Å². The van der Waals surface area contributed by atoms with Gasteiger partial charge in [-0.1, -0.05) is 19.1 Å². The van der Waals surface area contributed by atoms with E-state index in [-0.39, 0.29) is 0 Å². The van der Waals surface area contributed by atoms with Crippen molar-refractivity contribution >= 4 is 28.5 Å². The van der Waals surface area contributed by atoms with Crippen LogP contribution in [-0.2, 0) is 6.42 Å². The summed E-state index contributed by atoms with van der Waals surface area (Å²) >= 11 is 6.57. The number of rotatable bonds is 4. The van der Waals surface area contributed by atoms with Gasteiger partial charge in [0.25, 0.3) is 0 Å². The lowest BCUT2D eigenvalue weighted by Gasteiger charge is -2.29. The van der Waals surface area contributed by atoms with Crippen LogP contribution >= 0.6 is 23.6 Å². The molecule has 0 spiro atoms. The topological polar surface area (TPSA) is 42.2 Å². The van der Waals surface area contributed by atoms with E-state index in [0.717, 1.165) is 29.6 Å². The van der Waals surface area contributed by atoms with Gasteiger partial charge in [0.2, 0.25) is 0 Å². The number of nitrogens with two attached hydrogens (primary N) is 1. The predicted octanol–water partition coefficient (Wildman–Crippen LogP) is 2.05. The number of aromatic nitrogens is 1. The van der Waals surface area contributed by atoms with Gasteiger partial charge in [-0.2, -0.15) is 0 Å². The zero-order chi connectivity index (χ0) is 12.3. The second-order valence-electron chi connectivity index (χ2n) is 4.76. The number of nitrogens with zero attached hydrogens (tertiary/aromatic N) is 2. The maximum atomic E-state index is 5.55. The first kappa shape index (κ1) is 12.9. The minimum absolute atomic E-state index is 0.402. The van der Waals surface area contributed by atoms with Crippen LogP contribution in [-0.4, -0.2) is 34.5 Å². The van der Waals surface area contributed by atoms with E-state index in [4.69, 9.17) is 18.0 Å². The Labute approximate surface area is 112 Å². The summed E-state index contributed by atoms with van der Waals surface area (Å²) in [5.74, 6) is 0.896. The second kappa shape index (κ2) is 5.89. The van der Waals surface area contributed by atoms with Gasteiger partial charge in [-0.05, 0) is 31.8 Å². The Morgan fingerprint density at radius 2 is 2.29 bits per heavy atom. The largest absolute Gasteiger partial charge is 0.388 e. The Morgan fingerprint density at radius 1 is 1.59 bits per heavy atom. The molecular weight excluding hydrogens is 250 g/mol. The number of likely N-dealkylation sites (tertiary alicyclic amines) is 1. The van der Waals surface area contributed by atoms with Gasteiger partial charge in [-0.25, -0.2) is 4.98 Å². The minimum atomic E-state index is 0.402. The fourth-order valence-electron chi connectivity index (χ4n) is 2.08. The van der Waals surface area contributed by atoms with E-state index < -0.39 is 0 Å². The van der Waals surface area contributed by atoms with Crippen LogP contribution in [0.25, 0.3) is 0 Å². The maximum Gasteiger partial charge on any atom is 0.123 e. The lowest BCUT2D eigenvalue weighted by atomic mass is 9.99. The molecule has 1 saturated heterocycles. The highest BCUT2D eigenvalue weighted by Gasteiger charge is 2.15. The van der Waals surface area contributed by atoms with Crippen molar-refractivity contribution in [3.8, 4) is 0 Å². The van der Waals surface area contributed by atoms with Crippen molar-refractivity contribution in [2.75, 3.05) is 19.6 Å². The summed E-state index contributed by atoms with van der Waals surface area (Å²) < 4.78 is 0. The van der Waals surface area contributed by atoms with Crippen molar-refractivity contribution in [1.82, 2.24) is 9.88 Å². The van der Waals surface area contributed by atoms with Gasteiger partial charge in [0, 0.05) is 18.3 Å². The maximum absolute atomic E-state index is 5.55. The molecule has 3 nitrogen and oxygen atoms in total. The molecule has 0 bridgehead atoms. The number of hydrogen-bond donors (Lipinski definition) is 1. The van der Waals surface area contributed by atoms with Gasteiger partial charge >= 0.3 is 0 Å². The molecule has 2 N–H and O–H groups in total. The Morgan fingerprint density at radius 3 is 2.88 bits per heavy atom. The highest BCUT2D eigenvalue weighted by Crippen LogP contribution is 2.17. The highest BCUT2D eigenvalue weighted by atomic mass is 32.1. The predicted molar refractivity (Wildman–Crippen MR) is 76.5 cm³/mol. The number of hydrogen-bond acceptors (Lipinski definition) is 4. The van der Waals surface area contributed by atoms with E-state index in [0.29, 0.717) is 4.99 Å². The summed E-state index contributed by atoms with van der Waals surface area (Å²) in [5, 5.41) is 3.10. The van der Waals surface area contributed by atoms with Crippen LogP contribution in [0.15, 0.2) is 5.38 Å². The highest BCUT2D eigenvalue weighted by molar-refractivity contribution is 7.80. The molecule has 1 aromatic heterocycles. The molecule has 0 amide bonds. The summed E-state index contributed by atoms with van der Waals surface area (Å²) in [4.78, 5) is 7.37. The average molecular weight is 269 g/mol. The fraction of sp³-hybridized carbons (Fsp3) is 0.667. The van der Waals surface area contributed by atoms with Crippen molar-refractivity contribution in [2.45, 2.75) is 26.2 Å². The first-order valence-corrected chi connectivity index (χ1v) is 7.40. The smallest absolute Gasteiger partial charge is 0.123 e. The monoisotopic (exact) mass is 269 g/mol. The Hall–Kier alpha value is -0.520. The second-order valence-corrected chi connectivity index (χ2v) is 6.15. The van der Waals surface area contributed by atoms with Crippen molar-refractivity contribution < 1.29 is 0 Å². The molecule has 1 aliphatic heterocycles. The van der Waals surface area contributed by atoms with Crippen molar-refractivity contribution in [1.29, 1.82) is 0 Å². The molecule has 0 aliphatic carbocycles. The van der Waals surface area contributed by atoms with Crippen LogP contribution in [0.4, 0.5) is 0 Å². The SMILES string of the molecule is CC1CCN(CCc2nc(C(N)=S)cs2)CC1. The third-order valence-corrected chi connectivity index (χ3v) is 4.44. The molecule has 1 aromatic rings. The molecule has 5 heteroatoms. The average Bonchev–Trinajstić information content (AvgIpc) is 2.77. The van der Waals surface area contributed by atoms with Crippen molar-refractivity contribution in [3.05, 3.63) is 16.1 Å². The van der Waals surface area contributed by atoms with Gasteiger partial charge in [-0.15, -0.1) is 11.3 Å². The summed E-state index contributed by atoms with van der Waals surface area (Å²) in [5.41, 5.74) is 6.32. The van der Waals surface area contributed by atoms with Crippen molar-refractivity contribution in [2.24, 2.45) is 11.7 Å². The first-order chi connectivity index (χ1) is 8.15. The molecule has 0 radical (unpaired) electrons. The lowest BCUT2D eigenvalue weighted by Crippen LogP contribution is -2.34. The number of thiocarbonyl (C=S) groups is 1. The van der Waals surface area contributed by atoms with E-state index in [2.05, 4.69) is 16.8 Å². The van der Waals surface area contributed by atoms with E-state index in [1.54, 1.807) is 11.3 Å². The van der Waals surface area contributed by atoms with Crippen molar-refractivity contribution in [3.63, 3.8) is 0 Å². The summed E-state index contributed by atoms with van der Waals surface area (Å²) in [6, 6.07) is 0. The van der Waals surface area contributed by atoms with Crippen LogP contribution in [0.1, 0.15) is 30.5 Å². The zero-order valence-corrected chi connectivity index (χ0v) is 11.8. The molecule has 2 heterocycles. The summed E-state index contributed by atoms with van der Waals surface area (Å²) in [7, 11) is 0. The summed E-state index contributed by atoms with van der Waals surface area (Å²) in [6.45, 7) is 5.91. The molecule has 17 heavy (non-hydrogen) atoms. The standard InChI is InChI=1S/C12H19N3S2/c1-9-2-5-15(6-3-9)7-4-11-14-10(8-17-11)12(13)16/h8-9H,2-7H2,1H3,(H2,13,16). The van der Waals surface area contributed by atoms with Gasteiger partial charge < -0.3 is 10.6 Å².